The van der Waals surface area contributed by atoms with E-state index in [2.05, 4.69) is 5.32 Å². The van der Waals surface area contributed by atoms with E-state index in [9.17, 15) is 18.0 Å². The molecule has 1 N–H and O–H groups in total. The van der Waals surface area contributed by atoms with E-state index in [0.29, 0.717) is 5.69 Å². The van der Waals surface area contributed by atoms with Gasteiger partial charge in [-0.25, -0.2) is 8.42 Å². The Kier molecular flexibility index (Phi) is 10.4. The predicted octanol–water partition coefficient (Wildman–Crippen LogP) is 5.44. The van der Waals surface area contributed by atoms with Crippen molar-refractivity contribution in [3.8, 4) is 0 Å². The first-order valence-electron chi connectivity index (χ1n) is 13.9. The van der Waals surface area contributed by atoms with Gasteiger partial charge in [-0.1, -0.05) is 92.2 Å². The maximum absolute atomic E-state index is 14.3. The predicted molar refractivity (Wildman–Crippen MR) is 166 cm³/mol. The summed E-state index contributed by atoms with van der Waals surface area (Å²) in [6.45, 7) is 11.4. The molecule has 1 atom stereocenters. The molecule has 0 aliphatic carbocycles. The normalized spacial score (nSPS) is 12.6. The van der Waals surface area contributed by atoms with E-state index in [-0.39, 0.29) is 24.8 Å². The maximum atomic E-state index is 14.3. The fourth-order valence-corrected chi connectivity index (χ4v) is 5.56. The fourth-order valence-electron chi connectivity index (χ4n) is 4.69. The zero-order valence-electron chi connectivity index (χ0n) is 25.2. The molecule has 41 heavy (non-hydrogen) atoms. The van der Waals surface area contributed by atoms with Crippen LogP contribution in [-0.2, 0) is 32.6 Å². The molecule has 0 aliphatic rings. The Labute approximate surface area is 245 Å². The number of carbonyl (C=O) groups excluding carboxylic acids is 2. The molecule has 3 aromatic rings. The summed E-state index contributed by atoms with van der Waals surface area (Å²) >= 11 is 0. The zero-order chi connectivity index (χ0) is 30.4. The van der Waals surface area contributed by atoms with Crippen LogP contribution >= 0.6 is 0 Å². The molecule has 2 amide bonds. The van der Waals surface area contributed by atoms with Crippen LogP contribution in [0.1, 0.15) is 62.8 Å². The Morgan fingerprint density at radius 1 is 0.854 bits per heavy atom. The molecule has 0 saturated carbocycles. The maximum Gasteiger partial charge on any atom is 0.244 e. The second kappa shape index (κ2) is 13.3. The topological polar surface area (TPSA) is 86.8 Å². The minimum atomic E-state index is -3.83. The molecule has 220 valence electrons. The smallest absolute Gasteiger partial charge is 0.244 e. The molecule has 0 aliphatic heterocycles. The molecule has 0 radical (unpaired) electrons. The van der Waals surface area contributed by atoms with Crippen LogP contribution in [0, 0.1) is 6.92 Å². The number of nitrogens with one attached hydrogen (secondary N) is 1. The molecule has 0 heterocycles. The van der Waals surface area contributed by atoms with E-state index in [1.54, 1.807) is 12.1 Å². The second-order valence-corrected chi connectivity index (χ2v) is 13.8. The van der Waals surface area contributed by atoms with Crippen LogP contribution in [0.15, 0.2) is 78.9 Å². The highest BCUT2D eigenvalue weighted by molar-refractivity contribution is 7.92. The van der Waals surface area contributed by atoms with Gasteiger partial charge in [0.1, 0.15) is 12.6 Å². The molecule has 0 fully saturated rings. The van der Waals surface area contributed by atoms with Crippen LogP contribution in [0.3, 0.4) is 0 Å². The van der Waals surface area contributed by atoms with Crippen molar-refractivity contribution >= 4 is 27.5 Å². The van der Waals surface area contributed by atoms with Crippen LogP contribution in [0.2, 0.25) is 0 Å². The van der Waals surface area contributed by atoms with Crippen molar-refractivity contribution in [2.75, 3.05) is 17.1 Å². The van der Waals surface area contributed by atoms with Gasteiger partial charge in [0.2, 0.25) is 21.8 Å². The molecule has 0 bridgehead atoms. The molecule has 0 unspecified atom stereocenters. The van der Waals surface area contributed by atoms with E-state index in [1.807, 2.05) is 108 Å². The Balaban J connectivity index is 2.11. The fraction of sp³-hybridized carbons (Fsp3) is 0.394. The molecule has 0 spiro atoms. The minimum Gasteiger partial charge on any atom is -0.350 e. The first kappa shape index (κ1) is 31.9. The number of amides is 2. The van der Waals surface area contributed by atoms with Gasteiger partial charge in [-0.05, 0) is 56.4 Å². The van der Waals surface area contributed by atoms with E-state index in [4.69, 9.17) is 0 Å². The first-order chi connectivity index (χ1) is 19.2. The molecule has 8 heteroatoms. The summed E-state index contributed by atoms with van der Waals surface area (Å²) in [5, 5.41) is 3.04. The van der Waals surface area contributed by atoms with Gasteiger partial charge in [-0.2, -0.15) is 0 Å². The third-order valence-electron chi connectivity index (χ3n) is 6.75. The lowest BCUT2D eigenvalue weighted by Gasteiger charge is -2.35. The highest BCUT2D eigenvalue weighted by atomic mass is 32.2. The molecule has 3 rings (SSSR count). The minimum absolute atomic E-state index is 0.0394. The number of anilines is 1. The highest BCUT2D eigenvalue weighted by Gasteiger charge is 2.34. The Hall–Kier alpha value is -3.65. The number of rotatable bonds is 11. The second-order valence-electron chi connectivity index (χ2n) is 11.9. The number of benzene rings is 3. The highest BCUT2D eigenvalue weighted by Crippen LogP contribution is 2.29. The molecular formula is C33H43N3O4S. The molecule has 0 aromatic heterocycles. The van der Waals surface area contributed by atoms with Crippen LogP contribution in [0.4, 0.5) is 5.69 Å². The van der Waals surface area contributed by atoms with Crippen molar-refractivity contribution in [3.63, 3.8) is 0 Å². The lowest BCUT2D eigenvalue weighted by molar-refractivity contribution is -0.140. The van der Waals surface area contributed by atoms with Crippen molar-refractivity contribution in [1.29, 1.82) is 0 Å². The van der Waals surface area contributed by atoms with Gasteiger partial charge in [-0.15, -0.1) is 0 Å². The summed E-state index contributed by atoms with van der Waals surface area (Å²) in [6.07, 6.45) is 1.39. The van der Waals surface area contributed by atoms with Crippen LogP contribution in [0.25, 0.3) is 0 Å². The van der Waals surface area contributed by atoms with Crippen molar-refractivity contribution in [2.45, 2.75) is 72.0 Å². The average Bonchev–Trinajstić information content (AvgIpc) is 2.89. The number of sulfonamides is 1. The van der Waals surface area contributed by atoms with Gasteiger partial charge in [0.25, 0.3) is 0 Å². The monoisotopic (exact) mass is 577 g/mol. The standard InChI is InChI=1S/C33H43N3O4S/c1-24(2)28-15-11-12-16-29(28)36(41(7,39)40)23-31(37)35(22-27-19-17-25(3)18-20-27)30(32(38)34-33(4,5)6)21-26-13-9-8-10-14-26/h8-20,24,30H,21-23H2,1-7H3,(H,34,38)/t30-/m0/s1. The summed E-state index contributed by atoms with van der Waals surface area (Å²) in [6, 6.07) is 23.7. The van der Waals surface area contributed by atoms with Crippen LogP contribution < -0.4 is 9.62 Å². The number of carbonyl (C=O) groups is 2. The van der Waals surface area contributed by atoms with E-state index < -0.39 is 34.1 Å². The van der Waals surface area contributed by atoms with Gasteiger partial charge >= 0.3 is 0 Å². The van der Waals surface area contributed by atoms with Crippen LogP contribution in [-0.4, -0.2) is 49.5 Å². The largest absolute Gasteiger partial charge is 0.350 e. The summed E-state index contributed by atoms with van der Waals surface area (Å²) in [4.78, 5) is 29.6. The number of hydrogen-bond donors (Lipinski definition) is 1. The molecule has 7 nitrogen and oxygen atoms in total. The number of para-hydroxylation sites is 1. The summed E-state index contributed by atoms with van der Waals surface area (Å²) in [5.41, 5.74) is 3.58. The molecule has 0 saturated heterocycles. The summed E-state index contributed by atoms with van der Waals surface area (Å²) < 4.78 is 27.4. The third-order valence-corrected chi connectivity index (χ3v) is 7.88. The van der Waals surface area contributed by atoms with Gasteiger partial charge in [0.05, 0.1) is 11.9 Å². The van der Waals surface area contributed by atoms with E-state index in [1.165, 1.54) is 4.90 Å². The Bertz CT molecular complexity index is 1430. The summed E-state index contributed by atoms with van der Waals surface area (Å²) in [7, 11) is -3.83. The SMILES string of the molecule is Cc1ccc(CN(C(=O)CN(c2ccccc2C(C)C)S(C)(=O)=O)[C@@H](Cc2ccccc2)C(=O)NC(C)(C)C)cc1. The number of aryl methyl sites for hydroxylation is 1. The lowest BCUT2D eigenvalue weighted by Crippen LogP contribution is -2.56. The third kappa shape index (κ3) is 9.18. The first-order valence-corrected chi connectivity index (χ1v) is 15.8. The van der Waals surface area contributed by atoms with Crippen molar-refractivity contribution in [1.82, 2.24) is 10.2 Å². The zero-order valence-corrected chi connectivity index (χ0v) is 26.0. The summed E-state index contributed by atoms with van der Waals surface area (Å²) in [5.74, 6) is -0.715. The van der Waals surface area contributed by atoms with Crippen LogP contribution in [0.5, 0.6) is 0 Å². The van der Waals surface area contributed by atoms with Gasteiger partial charge in [-0.3, -0.25) is 13.9 Å². The Morgan fingerprint density at radius 3 is 2.00 bits per heavy atom. The van der Waals surface area contributed by atoms with Crippen molar-refractivity contribution in [3.05, 3.63) is 101 Å². The van der Waals surface area contributed by atoms with Crippen molar-refractivity contribution < 1.29 is 18.0 Å². The van der Waals surface area contributed by atoms with Gasteiger partial charge in [0, 0.05) is 18.5 Å². The van der Waals surface area contributed by atoms with E-state index in [0.717, 1.165) is 32.8 Å². The van der Waals surface area contributed by atoms with Gasteiger partial charge < -0.3 is 10.2 Å². The number of nitrogens with zero attached hydrogens (tertiary/aromatic N) is 2. The Morgan fingerprint density at radius 2 is 1.44 bits per heavy atom. The van der Waals surface area contributed by atoms with Crippen molar-refractivity contribution in [2.24, 2.45) is 0 Å². The molecule has 3 aromatic carbocycles. The number of hydrogen-bond acceptors (Lipinski definition) is 4. The quantitative estimate of drug-likeness (QED) is 0.329. The van der Waals surface area contributed by atoms with Gasteiger partial charge in [0.15, 0.2) is 0 Å². The van der Waals surface area contributed by atoms with E-state index >= 15 is 0 Å². The average molecular weight is 578 g/mol. The lowest BCUT2D eigenvalue weighted by atomic mass is 10.00. The molecular weight excluding hydrogens is 534 g/mol.